The summed E-state index contributed by atoms with van der Waals surface area (Å²) in [7, 11) is 0. The van der Waals surface area contributed by atoms with Crippen LogP contribution in [0.1, 0.15) is 130 Å². The zero-order chi connectivity index (χ0) is 20.2. The summed E-state index contributed by atoms with van der Waals surface area (Å²) in [5.74, 6) is -0.768. The van der Waals surface area contributed by atoms with Crippen molar-refractivity contribution in [3.05, 3.63) is 11.4 Å². The zero-order valence-corrected chi connectivity index (χ0v) is 18.4. The fraction of sp³-hybridized carbons (Fsp3) is 0.875. The molecule has 0 bridgehead atoms. The molecule has 0 fully saturated rings. The van der Waals surface area contributed by atoms with Crippen molar-refractivity contribution in [3.63, 3.8) is 0 Å². The van der Waals surface area contributed by atoms with Gasteiger partial charge < -0.3 is 4.74 Å². The van der Waals surface area contributed by atoms with Gasteiger partial charge in [-0.3, -0.25) is 0 Å². The van der Waals surface area contributed by atoms with Crippen LogP contribution in [-0.2, 0) is 9.53 Å². The Morgan fingerprint density at radius 1 is 0.667 bits per heavy atom. The van der Waals surface area contributed by atoms with Gasteiger partial charge in [0.25, 0.3) is 0 Å². The molecule has 0 aromatic rings. The molecule has 3 heteroatoms. The first-order valence-electron chi connectivity index (χ1n) is 11.7. The molecule has 0 atom stereocenters. The predicted octanol–water partition coefficient (Wildman–Crippen LogP) is 8.44. The highest BCUT2D eigenvalue weighted by Gasteiger charge is 2.12. The van der Waals surface area contributed by atoms with E-state index in [4.69, 9.17) is 4.74 Å². The molecule has 160 valence electrons. The van der Waals surface area contributed by atoms with Gasteiger partial charge in [-0.05, 0) is 26.2 Å². The Balaban J connectivity index is 3.64. The number of unbranched alkanes of at least 4 members (excludes halogenated alkanes) is 14. The lowest BCUT2D eigenvalue weighted by Gasteiger charge is -2.07. The van der Waals surface area contributed by atoms with E-state index in [0.29, 0.717) is 13.0 Å². The van der Waals surface area contributed by atoms with E-state index >= 15 is 0 Å². The lowest BCUT2D eigenvalue weighted by molar-refractivity contribution is -0.139. The topological polar surface area (TPSA) is 26.3 Å². The molecule has 27 heavy (non-hydrogen) atoms. The highest BCUT2D eigenvalue weighted by atomic mass is 19.1. The van der Waals surface area contributed by atoms with Crippen molar-refractivity contribution in [2.75, 3.05) is 6.61 Å². The normalized spacial score (nSPS) is 12.1. The van der Waals surface area contributed by atoms with E-state index in [2.05, 4.69) is 13.8 Å². The van der Waals surface area contributed by atoms with Gasteiger partial charge in [-0.15, -0.1) is 0 Å². The first-order valence-corrected chi connectivity index (χ1v) is 11.7. The summed E-state index contributed by atoms with van der Waals surface area (Å²) >= 11 is 0. The molecule has 0 spiro atoms. The minimum Gasteiger partial charge on any atom is -0.462 e. The van der Waals surface area contributed by atoms with Crippen LogP contribution in [0.2, 0.25) is 0 Å². The molecule has 0 unspecified atom stereocenters. The monoisotopic (exact) mass is 384 g/mol. The summed E-state index contributed by atoms with van der Waals surface area (Å²) in [6.07, 6.45) is 19.5. The number of halogens is 1. The van der Waals surface area contributed by atoms with Crippen LogP contribution in [0.3, 0.4) is 0 Å². The first-order chi connectivity index (χ1) is 13.1. The van der Waals surface area contributed by atoms with Gasteiger partial charge in [-0.2, -0.15) is 0 Å². The quantitative estimate of drug-likeness (QED) is 0.127. The molecule has 0 aliphatic rings. The molecular weight excluding hydrogens is 339 g/mol. The standard InChI is InChI=1S/C24H45FO2/c1-4-6-8-10-12-13-14-15-16-18-20-23(25)22(3)24(26)27-21-19-17-11-9-7-5-2/h4-21H2,1-3H3. The van der Waals surface area contributed by atoms with Crippen LogP contribution in [0.5, 0.6) is 0 Å². The van der Waals surface area contributed by atoms with Crippen LogP contribution in [0.15, 0.2) is 11.4 Å². The Labute approximate surface area is 168 Å². The molecule has 0 amide bonds. The van der Waals surface area contributed by atoms with Gasteiger partial charge in [-0.25, -0.2) is 9.18 Å². The minimum atomic E-state index is -0.479. The number of allylic oxidation sites excluding steroid dienone is 1. The highest BCUT2D eigenvalue weighted by Crippen LogP contribution is 2.18. The van der Waals surface area contributed by atoms with Crippen molar-refractivity contribution in [2.24, 2.45) is 0 Å². The number of hydrogen-bond acceptors (Lipinski definition) is 2. The summed E-state index contributed by atoms with van der Waals surface area (Å²) < 4.78 is 19.3. The number of esters is 1. The Morgan fingerprint density at radius 3 is 1.56 bits per heavy atom. The van der Waals surface area contributed by atoms with Gasteiger partial charge in [0.1, 0.15) is 5.83 Å². The molecule has 0 aromatic carbocycles. The van der Waals surface area contributed by atoms with Gasteiger partial charge in [0.2, 0.25) is 0 Å². The predicted molar refractivity (Wildman–Crippen MR) is 115 cm³/mol. The van der Waals surface area contributed by atoms with E-state index in [1.807, 2.05) is 0 Å². The molecule has 0 aliphatic carbocycles. The van der Waals surface area contributed by atoms with Crippen molar-refractivity contribution in [1.29, 1.82) is 0 Å². The number of hydrogen-bond donors (Lipinski definition) is 0. The van der Waals surface area contributed by atoms with Gasteiger partial charge >= 0.3 is 5.97 Å². The molecule has 0 rings (SSSR count). The third kappa shape index (κ3) is 17.0. The van der Waals surface area contributed by atoms with Gasteiger partial charge in [0.15, 0.2) is 0 Å². The maximum Gasteiger partial charge on any atom is 0.336 e. The number of rotatable bonds is 19. The molecule has 0 N–H and O–H groups in total. The SMILES string of the molecule is CCCCCCCCCCCCC(F)=C(C)C(=O)OCCCCCCCC. The molecule has 0 saturated carbocycles. The van der Waals surface area contributed by atoms with Crippen LogP contribution in [0.25, 0.3) is 0 Å². The smallest absolute Gasteiger partial charge is 0.336 e. The van der Waals surface area contributed by atoms with Crippen LogP contribution in [-0.4, -0.2) is 12.6 Å². The van der Waals surface area contributed by atoms with E-state index in [1.54, 1.807) is 6.92 Å². The average molecular weight is 385 g/mol. The van der Waals surface area contributed by atoms with Crippen molar-refractivity contribution >= 4 is 5.97 Å². The van der Waals surface area contributed by atoms with Crippen LogP contribution < -0.4 is 0 Å². The van der Waals surface area contributed by atoms with Crippen LogP contribution in [0.4, 0.5) is 4.39 Å². The molecule has 0 saturated heterocycles. The lowest BCUT2D eigenvalue weighted by atomic mass is 10.1. The summed E-state index contributed by atoms with van der Waals surface area (Å²) in [6, 6.07) is 0. The molecule has 0 radical (unpaired) electrons. The maximum absolute atomic E-state index is 14.1. The summed E-state index contributed by atoms with van der Waals surface area (Å²) in [5.41, 5.74) is 0.164. The Morgan fingerprint density at radius 2 is 1.07 bits per heavy atom. The second kappa shape index (κ2) is 19.9. The fourth-order valence-corrected chi connectivity index (χ4v) is 3.22. The highest BCUT2D eigenvalue weighted by molar-refractivity contribution is 5.88. The third-order valence-corrected chi connectivity index (χ3v) is 5.19. The summed E-state index contributed by atoms with van der Waals surface area (Å²) in [5, 5.41) is 0. The lowest BCUT2D eigenvalue weighted by Crippen LogP contribution is -2.08. The van der Waals surface area contributed by atoms with Gasteiger partial charge in [0.05, 0.1) is 12.2 Å². The van der Waals surface area contributed by atoms with E-state index in [-0.39, 0.29) is 11.4 Å². The fourth-order valence-electron chi connectivity index (χ4n) is 3.22. The van der Waals surface area contributed by atoms with E-state index < -0.39 is 5.97 Å². The third-order valence-electron chi connectivity index (χ3n) is 5.19. The molecule has 0 aliphatic heterocycles. The Hall–Kier alpha value is -0.860. The second-order valence-corrected chi connectivity index (χ2v) is 7.87. The second-order valence-electron chi connectivity index (χ2n) is 7.87. The maximum atomic E-state index is 14.1. The Bertz CT molecular complexity index is 377. The largest absolute Gasteiger partial charge is 0.462 e. The van der Waals surface area contributed by atoms with E-state index in [0.717, 1.165) is 25.7 Å². The summed E-state index contributed by atoms with van der Waals surface area (Å²) in [6.45, 7) is 6.40. The van der Waals surface area contributed by atoms with Crippen molar-refractivity contribution < 1.29 is 13.9 Å². The average Bonchev–Trinajstić information content (AvgIpc) is 2.67. The molecule has 0 heterocycles. The summed E-state index contributed by atoms with van der Waals surface area (Å²) in [4.78, 5) is 11.9. The number of carbonyl (C=O) groups excluding carboxylic acids is 1. The van der Waals surface area contributed by atoms with Crippen LogP contribution >= 0.6 is 0 Å². The van der Waals surface area contributed by atoms with Gasteiger partial charge in [0, 0.05) is 0 Å². The number of carbonyl (C=O) groups is 1. The number of ether oxygens (including phenoxy) is 1. The molecule has 0 aromatic heterocycles. The van der Waals surface area contributed by atoms with Crippen molar-refractivity contribution in [3.8, 4) is 0 Å². The van der Waals surface area contributed by atoms with Crippen molar-refractivity contribution in [2.45, 2.75) is 130 Å². The van der Waals surface area contributed by atoms with Crippen molar-refractivity contribution in [1.82, 2.24) is 0 Å². The minimum absolute atomic E-state index is 0.164. The van der Waals surface area contributed by atoms with E-state index in [9.17, 15) is 9.18 Å². The zero-order valence-electron chi connectivity index (χ0n) is 18.4. The van der Waals surface area contributed by atoms with Gasteiger partial charge in [-0.1, -0.05) is 104 Å². The first kappa shape index (κ1) is 26.1. The molecular formula is C24H45FO2. The Kier molecular flexibility index (Phi) is 19.3. The van der Waals surface area contributed by atoms with E-state index in [1.165, 1.54) is 77.0 Å². The van der Waals surface area contributed by atoms with Crippen LogP contribution in [0, 0.1) is 0 Å². The molecule has 2 nitrogen and oxygen atoms in total.